The molecular weight excluding hydrogens is 242 g/mol. The van der Waals surface area contributed by atoms with E-state index < -0.39 is 0 Å². The molecule has 0 saturated carbocycles. The van der Waals surface area contributed by atoms with Crippen LogP contribution in [0.25, 0.3) is 5.65 Å². The van der Waals surface area contributed by atoms with Crippen molar-refractivity contribution in [3.05, 3.63) is 54.0 Å². The van der Waals surface area contributed by atoms with Crippen molar-refractivity contribution >= 4 is 17.5 Å². The number of rotatable bonds is 2. The van der Waals surface area contributed by atoms with Crippen LogP contribution in [-0.4, -0.2) is 25.5 Å². The molecule has 0 saturated heterocycles. The number of hydrogen-bond acceptors (Lipinski definition) is 4. The number of aryl methyl sites for hydroxylation is 1. The Bertz CT molecular complexity index is 735. The summed E-state index contributed by atoms with van der Waals surface area (Å²) in [6.45, 7) is 1.97. The zero-order valence-electron chi connectivity index (χ0n) is 10.2. The van der Waals surface area contributed by atoms with Crippen molar-refractivity contribution in [2.75, 3.05) is 5.32 Å². The van der Waals surface area contributed by atoms with E-state index in [4.69, 9.17) is 0 Å². The summed E-state index contributed by atoms with van der Waals surface area (Å²) in [7, 11) is 0. The van der Waals surface area contributed by atoms with Crippen LogP contribution < -0.4 is 5.32 Å². The highest BCUT2D eigenvalue weighted by molar-refractivity contribution is 6.01. The molecule has 3 rings (SSSR count). The second-order valence-corrected chi connectivity index (χ2v) is 4.11. The minimum Gasteiger partial charge on any atom is -0.288 e. The number of aromatic nitrogens is 4. The molecule has 0 atom stereocenters. The Morgan fingerprint density at radius 1 is 1.32 bits per heavy atom. The molecule has 0 aliphatic heterocycles. The fraction of sp³-hybridized carbons (Fsp3) is 0.0769. The van der Waals surface area contributed by atoms with E-state index in [-0.39, 0.29) is 11.9 Å². The topological polar surface area (TPSA) is 72.2 Å². The number of hydrogen-bond donors (Lipinski definition) is 1. The number of amides is 1. The Morgan fingerprint density at radius 2 is 2.21 bits per heavy atom. The van der Waals surface area contributed by atoms with Crippen LogP contribution in [-0.2, 0) is 0 Å². The molecule has 0 bridgehead atoms. The van der Waals surface area contributed by atoms with Crippen molar-refractivity contribution in [2.45, 2.75) is 6.92 Å². The molecule has 1 amide bonds. The molecule has 0 aliphatic rings. The first-order chi connectivity index (χ1) is 9.22. The van der Waals surface area contributed by atoms with E-state index in [0.717, 1.165) is 5.56 Å². The van der Waals surface area contributed by atoms with Crippen LogP contribution in [0.1, 0.15) is 16.1 Å². The lowest BCUT2D eigenvalue weighted by molar-refractivity contribution is 0.102. The highest BCUT2D eigenvalue weighted by Gasteiger charge is 2.10. The average molecular weight is 253 g/mol. The van der Waals surface area contributed by atoms with Crippen LogP contribution in [0.4, 0.5) is 5.95 Å². The van der Waals surface area contributed by atoms with Crippen molar-refractivity contribution in [3.8, 4) is 0 Å². The number of carbonyl (C=O) groups is 1. The van der Waals surface area contributed by atoms with Gasteiger partial charge >= 0.3 is 0 Å². The van der Waals surface area contributed by atoms with Gasteiger partial charge in [-0.25, -0.2) is 4.52 Å². The third-order valence-electron chi connectivity index (χ3n) is 2.62. The van der Waals surface area contributed by atoms with Crippen LogP contribution in [0.3, 0.4) is 0 Å². The third kappa shape index (κ3) is 2.28. The molecule has 3 aromatic rings. The van der Waals surface area contributed by atoms with E-state index in [9.17, 15) is 4.79 Å². The van der Waals surface area contributed by atoms with Crippen molar-refractivity contribution in [2.24, 2.45) is 0 Å². The summed E-state index contributed by atoms with van der Waals surface area (Å²) < 4.78 is 1.61. The molecule has 0 radical (unpaired) electrons. The van der Waals surface area contributed by atoms with Crippen LogP contribution in [0, 0.1) is 6.92 Å². The van der Waals surface area contributed by atoms with Gasteiger partial charge in [-0.3, -0.25) is 15.1 Å². The van der Waals surface area contributed by atoms with E-state index in [1.807, 2.05) is 19.1 Å². The molecule has 0 unspecified atom stereocenters. The van der Waals surface area contributed by atoms with Gasteiger partial charge in [0.25, 0.3) is 5.91 Å². The molecule has 3 heterocycles. The first kappa shape index (κ1) is 11.3. The molecule has 19 heavy (non-hydrogen) atoms. The summed E-state index contributed by atoms with van der Waals surface area (Å²) in [5, 5.41) is 6.79. The first-order valence-electron chi connectivity index (χ1n) is 5.78. The normalized spacial score (nSPS) is 10.6. The van der Waals surface area contributed by atoms with Gasteiger partial charge in [0.2, 0.25) is 5.95 Å². The quantitative estimate of drug-likeness (QED) is 0.754. The van der Waals surface area contributed by atoms with Gasteiger partial charge in [0.05, 0.1) is 0 Å². The van der Waals surface area contributed by atoms with Crippen LogP contribution in [0.15, 0.2) is 42.7 Å². The van der Waals surface area contributed by atoms with Crippen LogP contribution in [0.5, 0.6) is 0 Å². The summed E-state index contributed by atoms with van der Waals surface area (Å²) >= 11 is 0. The molecule has 3 aromatic heterocycles. The van der Waals surface area contributed by atoms with Crippen molar-refractivity contribution in [3.63, 3.8) is 0 Å². The highest BCUT2D eigenvalue weighted by Crippen LogP contribution is 2.08. The number of anilines is 1. The van der Waals surface area contributed by atoms with Gasteiger partial charge in [0, 0.05) is 12.4 Å². The van der Waals surface area contributed by atoms with Gasteiger partial charge in [-0.05, 0) is 36.8 Å². The molecule has 0 aliphatic carbocycles. The van der Waals surface area contributed by atoms with Gasteiger partial charge in [-0.2, -0.15) is 4.98 Å². The smallest absolute Gasteiger partial charge is 0.276 e. The second-order valence-electron chi connectivity index (χ2n) is 4.11. The molecule has 0 spiro atoms. The molecular formula is C13H11N5O. The first-order valence-corrected chi connectivity index (χ1v) is 5.78. The molecule has 0 fully saturated rings. The summed E-state index contributed by atoms with van der Waals surface area (Å²) in [5.41, 5.74) is 2.11. The lowest BCUT2D eigenvalue weighted by Gasteiger charge is -1.98. The maximum Gasteiger partial charge on any atom is 0.276 e. The molecule has 6 heteroatoms. The maximum atomic E-state index is 11.9. The lowest BCUT2D eigenvalue weighted by atomic mass is 10.3. The minimum absolute atomic E-state index is 0.265. The maximum absolute atomic E-state index is 11.9. The Morgan fingerprint density at radius 3 is 3.00 bits per heavy atom. The average Bonchev–Trinajstić information content (AvgIpc) is 2.81. The minimum atomic E-state index is -0.326. The predicted octanol–water partition coefficient (Wildman–Crippen LogP) is 1.69. The molecule has 94 valence electrons. The van der Waals surface area contributed by atoms with Gasteiger partial charge < -0.3 is 0 Å². The van der Waals surface area contributed by atoms with Crippen molar-refractivity contribution < 1.29 is 4.79 Å². The third-order valence-corrected chi connectivity index (χ3v) is 2.62. The number of nitrogens with one attached hydrogen (secondary N) is 1. The second kappa shape index (κ2) is 4.49. The van der Waals surface area contributed by atoms with Crippen LogP contribution in [0.2, 0.25) is 0 Å². The van der Waals surface area contributed by atoms with E-state index in [2.05, 4.69) is 20.4 Å². The van der Waals surface area contributed by atoms with E-state index >= 15 is 0 Å². The standard InChI is InChI=1S/C13H11N5O/c1-9-5-7-18-11(8-9)15-13(17-18)16-12(19)10-4-2-3-6-14-10/h2-8H,1H3,(H,16,17,19). The Kier molecular flexibility index (Phi) is 2.68. The Labute approximate surface area is 109 Å². The Hall–Kier alpha value is -2.76. The number of nitrogens with zero attached hydrogens (tertiary/aromatic N) is 4. The van der Waals surface area contributed by atoms with Gasteiger partial charge in [0.15, 0.2) is 5.65 Å². The van der Waals surface area contributed by atoms with E-state index in [1.165, 1.54) is 0 Å². The van der Waals surface area contributed by atoms with Gasteiger partial charge in [-0.1, -0.05) is 6.07 Å². The van der Waals surface area contributed by atoms with Crippen LogP contribution >= 0.6 is 0 Å². The number of carbonyl (C=O) groups excluding carboxylic acids is 1. The zero-order valence-corrected chi connectivity index (χ0v) is 10.2. The number of pyridine rings is 2. The highest BCUT2D eigenvalue weighted by atomic mass is 16.2. The molecule has 1 N–H and O–H groups in total. The van der Waals surface area contributed by atoms with Gasteiger partial charge in [0.1, 0.15) is 5.69 Å². The van der Waals surface area contributed by atoms with E-state index in [1.54, 1.807) is 35.1 Å². The SMILES string of the molecule is Cc1ccn2nc(NC(=O)c3ccccn3)nc2c1. The fourth-order valence-corrected chi connectivity index (χ4v) is 1.70. The van der Waals surface area contributed by atoms with Crippen molar-refractivity contribution in [1.29, 1.82) is 0 Å². The zero-order chi connectivity index (χ0) is 13.2. The summed E-state index contributed by atoms with van der Waals surface area (Å²) in [5.74, 6) is -0.0607. The molecule has 6 nitrogen and oxygen atoms in total. The fourth-order valence-electron chi connectivity index (χ4n) is 1.70. The summed E-state index contributed by atoms with van der Waals surface area (Å²) in [4.78, 5) is 20.1. The van der Waals surface area contributed by atoms with Gasteiger partial charge in [-0.15, -0.1) is 5.10 Å². The monoisotopic (exact) mass is 253 g/mol. The summed E-state index contributed by atoms with van der Waals surface area (Å²) in [6, 6.07) is 8.95. The largest absolute Gasteiger partial charge is 0.288 e. The Balaban J connectivity index is 1.87. The summed E-state index contributed by atoms with van der Waals surface area (Å²) in [6.07, 6.45) is 3.36. The molecule has 0 aromatic carbocycles. The van der Waals surface area contributed by atoms with Crippen molar-refractivity contribution in [1.82, 2.24) is 19.6 Å². The number of fused-ring (bicyclic) bond motifs is 1. The van der Waals surface area contributed by atoms with E-state index in [0.29, 0.717) is 11.3 Å². The lowest BCUT2D eigenvalue weighted by Crippen LogP contribution is -2.14. The predicted molar refractivity (Wildman–Crippen MR) is 69.9 cm³/mol.